The van der Waals surface area contributed by atoms with E-state index < -0.39 is 5.97 Å². The van der Waals surface area contributed by atoms with Gasteiger partial charge in [-0.05, 0) is 6.42 Å². The standard InChI is InChI=1S/C11H20O3S/c1-2-3-4-5-6-14-10-8-15-7-9(10)11(12)13/h9-10H,2-8H2,1H3,(H,12,13). The van der Waals surface area contributed by atoms with Crippen LogP contribution in [-0.4, -0.2) is 35.3 Å². The monoisotopic (exact) mass is 232 g/mol. The minimum Gasteiger partial charge on any atom is -0.481 e. The van der Waals surface area contributed by atoms with E-state index in [2.05, 4.69) is 6.92 Å². The Kier molecular flexibility index (Phi) is 6.10. The van der Waals surface area contributed by atoms with Crippen LogP contribution in [0, 0.1) is 5.92 Å². The SMILES string of the molecule is CCCCCCOC1CSCC1C(=O)O. The third kappa shape index (κ3) is 4.43. The van der Waals surface area contributed by atoms with E-state index in [1.807, 2.05) is 0 Å². The normalized spacial score (nSPS) is 25.7. The van der Waals surface area contributed by atoms with Crippen molar-refractivity contribution in [3.63, 3.8) is 0 Å². The lowest BCUT2D eigenvalue weighted by Crippen LogP contribution is -2.29. The Morgan fingerprint density at radius 1 is 1.40 bits per heavy atom. The Morgan fingerprint density at radius 2 is 2.20 bits per heavy atom. The summed E-state index contributed by atoms with van der Waals surface area (Å²) < 4.78 is 5.62. The third-order valence-corrected chi connectivity index (χ3v) is 3.83. The highest BCUT2D eigenvalue weighted by Gasteiger charge is 2.33. The molecule has 1 heterocycles. The molecule has 1 fully saturated rings. The molecule has 1 rings (SSSR count). The molecule has 0 bridgehead atoms. The average molecular weight is 232 g/mol. The highest BCUT2D eigenvalue weighted by molar-refractivity contribution is 7.99. The zero-order chi connectivity index (χ0) is 11.1. The number of hydrogen-bond donors (Lipinski definition) is 1. The lowest BCUT2D eigenvalue weighted by Gasteiger charge is -2.15. The van der Waals surface area contributed by atoms with Crippen LogP contribution in [0.2, 0.25) is 0 Å². The zero-order valence-electron chi connectivity index (χ0n) is 9.28. The summed E-state index contributed by atoms with van der Waals surface area (Å²) in [7, 11) is 0. The molecule has 0 spiro atoms. The number of carboxylic acid groups (broad SMARTS) is 1. The van der Waals surface area contributed by atoms with E-state index in [-0.39, 0.29) is 12.0 Å². The topological polar surface area (TPSA) is 46.5 Å². The minimum atomic E-state index is -0.710. The van der Waals surface area contributed by atoms with Crippen LogP contribution in [-0.2, 0) is 9.53 Å². The molecule has 2 unspecified atom stereocenters. The quantitative estimate of drug-likeness (QED) is 0.685. The summed E-state index contributed by atoms with van der Waals surface area (Å²) in [4.78, 5) is 10.9. The Hall–Kier alpha value is -0.220. The summed E-state index contributed by atoms with van der Waals surface area (Å²) in [5, 5.41) is 8.93. The maximum absolute atomic E-state index is 10.9. The van der Waals surface area contributed by atoms with Gasteiger partial charge in [-0.3, -0.25) is 4.79 Å². The first-order valence-corrected chi connectivity index (χ1v) is 6.83. The van der Waals surface area contributed by atoms with Crippen LogP contribution >= 0.6 is 11.8 Å². The largest absolute Gasteiger partial charge is 0.481 e. The third-order valence-electron chi connectivity index (χ3n) is 2.68. The number of ether oxygens (including phenoxy) is 1. The molecule has 0 amide bonds. The Bertz CT molecular complexity index is 196. The molecule has 1 N–H and O–H groups in total. The van der Waals surface area contributed by atoms with E-state index in [4.69, 9.17) is 9.84 Å². The molecule has 88 valence electrons. The van der Waals surface area contributed by atoms with E-state index in [9.17, 15) is 4.79 Å². The maximum Gasteiger partial charge on any atom is 0.310 e. The van der Waals surface area contributed by atoms with E-state index in [1.165, 1.54) is 19.3 Å². The van der Waals surface area contributed by atoms with Crippen molar-refractivity contribution in [2.45, 2.75) is 38.7 Å². The van der Waals surface area contributed by atoms with Gasteiger partial charge in [-0.1, -0.05) is 26.2 Å². The molecule has 0 radical (unpaired) electrons. The fraction of sp³-hybridized carbons (Fsp3) is 0.909. The van der Waals surface area contributed by atoms with Crippen LogP contribution in [0.25, 0.3) is 0 Å². The summed E-state index contributed by atoms with van der Waals surface area (Å²) in [6.07, 6.45) is 4.64. The lowest BCUT2D eigenvalue weighted by atomic mass is 10.1. The Labute approximate surface area is 95.6 Å². The highest BCUT2D eigenvalue weighted by atomic mass is 32.2. The number of carbonyl (C=O) groups is 1. The van der Waals surface area contributed by atoms with Crippen LogP contribution in [0.15, 0.2) is 0 Å². The highest BCUT2D eigenvalue weighted by Crippen LogP contribution is 2.27. The molecule has 1 aliphatic rings. The van der Waals surface area contributed by atoms with Gasteiger partial charge in [0.15, 0.2) is 0 Å². The number of rotatable bonds is 7. The molecule has 0 aromatic carbocycles. The number of carboxylic acids is 1. The van der Waals surface area contributed by atoms with Gasteiger partial charge < -0.3 is 9.84 Å². The van der Waals surface area contributed by atoms with Crippen molar-refractivity contribution in [1.82, 2.24) is 0 Å². The minimum absolute atomic E-state index is 0.0610. The molecule has 0 aromatic heterocycles. The Morgan fingerprint density at radius 3 is 2.87 bits per heavy atom. The van der Waals surface area contributed by atoms with Gasteiger partial charge >= 0.3 is 5.97 Å². The van der Waals surface area contributed by atoms with Crippen molar-refractivity contribution in [2.24, 2.45) is 5.92 Å². The van der Waals surface area contributed by atoms with Gasteiger partial charge in [-0.15, -0.1) is 0 Å². The maximum atomic E-state index is 10.9. The number of aliphatic carboxylic acids is 1. The van der Waals surface area contributed by atoms with Gasteiger partial charge in [0.05, 0.1) is 12.0 Å². The van der Waals surface area contributed by atoms with Crippen LogP contribution in [0.1, 0.15) is 32.6 Å². The second-order valence-electron chi connectivity index (χ2n) is 3.95. The molecule has 0 aromatic rings. The summed E-state index contributed by atoms with van der Waals surface area (Å²) in [5.41, 5.74) is 0. The van der Waals surface area contributed by atoms with Gasteiger partial charge in [0.2, 0.25) is 0 Å². The molecule has 3 nitrogen and oxygen atoms in total. The first-order valence-electron chi connectivity index (χ1n) is 5.68. The summed E-state index contributed by atoms with van der Waals surface area (Å²) in [6.45, 7) is 2.89. The average Bonchev–Trinajstić information content (AvgIpc) is 2.66. The molecule has 4 heteroatoms. The number of unbranched alkanes of at least 4 members (excludes halogenated alkanes) is 3. The van der Waals surface area contributed by atoms with E-state index in [1.54, 1.807) is 11.8 Å². The summed E-state index contributed by atoms with van der Waals surface area (Å²) in [5.74, 6) is 0.541. The molecule has 0 saturated carbocycles. The lowest BCUT2D eigenvalue weighted by molar-refractivity contribution is -0.145. The van der Waals surface area contributed by atoms with E-state index >= 15 is 0 Å². The number of thioether (sulfide) groups is 1. The summed E-state index contributed by atoms with van der Waals surface area (Å²) >= 11 is 1.68. The predicted octanol–water partition coefficient (Wildman–Crippen LogP) is 2.40. The van der Waals surface area contributed by atoms with E-state index in [0.717, 1.165) is 18.8 Å². The second-order valence-corrected chi connectivity index (χ2v) is 5.03. The molecule has 15 heavy (non-hydrogen) atoms. The van der Waals surface area contributed by atoms with Gasteiger partial charge in [0, 0.05) is 18.1 Å². The molecule has 1 saturated heterocycles. The molecule has 0 aliphatic carbocycles. The molecular formula is C11H20O3S. The zero-order valence-corrected chi connectivity index (χ0v) is 10.1. The predicted molar refractivity (Wildman–Crippen MR) is 62.3 cm³/mol. The second kappa shape index (κ2) is 7.12. The number of hydrogen-bond acceptors (Lipinski definition) is 3. The fourth-order valence-corrected chi connectivity index (χ4v) is 3.00. The van der Waals surface area contributed by atoms with Crippen LogP contribution in [0.3, 0.4) is 0 Å². The van der Waals surface area contributed by atoms with Crippen molar-refractivity contribution >= 4 is 17.7 Å². The summed E-state index contributed by atoms with van der Waals surface area (Å²) in [6, 6.07) is 0. The van der Waals surface area contributed by atoms with Crippen LogP contribution < -0.4 is 0 Å². The van der Waals surface area contributed by atoms with Gasteiger partial charge in [-0.25, -0.2) is 0 Å². The van der Waals surface area contributed by atoms with Crippen molar-refractivity contribution in [2.75, 3.05) is 18.1 Å². The van der Waals surface area contributed by atoms with Crippen LogP contribution in [0.4, 0.5) is 0 Å². The first kappa shape index (κ1) is 12.8. The first-order chi connectivity index (χ1) is 7.25. The van der Waals surface area contributed by atoms with Crippen molar-refractivity contribution < 1.29 is 14.6 Å². The molecule has 2 atom stereocenters. The van der Waals surface area contributed by atoms with Crippen molar-refractivity contribution in [3.8, 4) is 0 Å². The Balaban J connectivity index is 2.12. The van der Waals surface area contributed by atoms with Crippen LogP contribution in [0.5, 0.6) is 0 Å². The van der Waals surface area contributed by atoms with Crippen molar-refractivity contribution in [3.05, 3.63) is 0 Å². The van der Waals surface area contributed by atoms with Crippen molar-refractivity contribution in [1.29, 1.82) is 0 Å². The molecular weight excluding hydrogens is 212 g/mol. The fourth-order valence-electron chi connectivity index (χ4n) is 1.69. The molecule has 1 aliphatic heterocycles. The smallest absolute Gasteiger partial charge is 0.310 e. The van der Waals surface area contributed by atoms with Gasteiger partial charge in [-0.2, -0.15) is 11.8 Å². The van der Waals surface area contributed by atoms with E-state index in [0.29, 0.717) is 5.75 Å². The van der Waals surface area contributed by atoms with Gasteiger partial charge in [0.1, 0.15) is 0 Å². The van der Waals surface area contributed by atoms with Gasteiger partial charge in [0.25, 0.3) is 0 Å².